The molecule has 2 rings (SSSR count). The molecule has 1 aliphatic heterocycles. The summed E-state index contributed by atoms with van der Waals surface area (Å²) < 4.78 is 13.4. The Bertz CT molecular complexity index is 408. The molecule has 0 aliphatic carbocycles. The molecule has 4 heteroatoms. The van der Waals surface area contributed by atoms with Crippen LogP contribution in [0.4, 0.5) is 10.1 Å². The second-order valence-electron chi connectivity index (χ2n) is 5.07. The predicted octanol–water partition coefficient (Wildman–Crippen LogP) is 1.93. The van der Waals surface area contributed by atoms with Crippen LogP contribution < -0.4 is 5.73 Å². The van der Waals surface area contributed by atoms with Crippen molar-refractivity contribution in [2.75, 3.05) is 31.9 Å². The predicted molar refractivity (Wildman–Crippen MR) is 72.8 cm³/mol. The third kappa shape index (κ3) is 3.00. The molecule has 1 saturated heterocycles. The van der Waals surface area contributed by atoms with Gasteiger partial charge in [0.15, 0.2) is 0 Å². The van der Waals surface area contributed by atoms with E-state index in [1.54, 1.807) is 12.1 Å². The molecular formula is C14H22FN3. The van der Waals surface area contributed by atoms with Crippen LogP contribution in [0.2, 0.25) is 0 Å². The molecule has 1 unspecified atom stereocenters. The van der Waals surface area contributed by atoms with Crippen molar-refractivity contribution in [1.82, 2.24) is 9.80 Å². The lowest BCUT2D eigenvalue weighted by molar-refractivity contribution is 0.0834. The highest BCUT2D eigenvalue weighted by atomic mass is 19.1. The summed E-state index contributed by atoms with van der Waals surface area (Å²) >= 11 is 0. The Morgan fingerprint density at radius 3 is 2.78 bits per heavy atom. The third-order valence-electron chi connectivity index (χ3n) is 3.73. The van der Waals surface area contributed by atoms with E-state index >= 15 is 0 Å². The van der Waals surface area contributed by atoms with Gasteiger partial charge in [0.2, 0.25) is 0 Å². The van der Waals surface area contributed by atoms with Crippen molar-refractivity contribution in [2.24, 2.45) is 0 Å². The molecule has 1 aliphatic rings. The number of halogens is 1. The van der Waals surface area contributed by atoms with Gasteiger partial charge in [-0.3, -0.25) is 9.80 Å². The highest BCUT2D eigenvalue weighted by Crippen LogP contribution is 2.16. The van der Waals surface area contributed by atoms with Gasteiger partial charge in [0.25, 0.3) is 0 Å². The quantitative estimate of drug-likeness (QED) is 0.833. The second kappa shape index (κ2) is 5.67. The minimum Gasteiger partial charge on any atom is -0.396 e. The molecule has 1 aromatic carbocycles. The fraction of sp³-hybridized carbons (Fsp3) is 0.571. The van der Waals surface area contributed by atoms with Crippen LogP contribution in [0, 0.1) is 5.82 Å². The van der Waals surface area contributed by atoms with Gasteiger partial charge >= 0.3 is 0 Å². The number of nitrogens with two attached hydrogens (primary N) is 1. The fourth-order valence-corrected chi connectivity index (χ4v) is 2.61. The Morgan fingerprint density at radius 2 is 2.17 bits per heavy atom. The summed E-state index contributed by atoms with van der Waals surface area (Å²) in [5.41, 5.74) is 6.71. The Morgan fingerprint density at radius 1 is 1.39 bits per heavy atom. The Hall–Kier alpha value is -1.13. The molecule has 0 aromatic heterocycles. The second-order valence-corrected chi connectivity index (χ2v) is 5.07. The maximum atomic E-state index is 13.4. The van der Waals surface area contributed by atoms with E-state index in [0.717, 1.165) is 38.3 Å². The van der Waals surface area contributed by atoms with E-state index in [9.17, 15) is 4.39 Å². The first kappa shape index (κ1) is 13.3. The lowest BCUT2D eigenvalue weighted by Crippen LogP contribution is -2.51. The minimum absolute atomic E-state index is 0.225. The molecule has 1 atom stereocenters. The number of likely N-dealkylation sites (N-methyl/N-ethyl adjacent to an activating group) is 1. The molecule has 0 amide bonds. The van der Waals surface area contributed by atoms with E-state index < -0.39 is 0 Å². The topological polar surface area (TPSA) is 32.5 Å². The molecule has 0 bridgehead atoms. The zero-order chi connectivity index (χ0) is 13.1. The number of rotatable bonds is 3. The standard InChI is InChI=1S/C14H22FN3/c1-3-18-7-6-17(9-11(18)2)10-12-4-5-14(16)13(15)8-12/h4-5,8,11H,3,6-7,9-10,16H2,1-2H3. The normalized spacial score (nSPS) is 22.3. The summed E-state index contributed by atoms with van der Waals surface area (Å²) in [4.78, 5) is 4.85. The highest BCUT2D eigenvalue weighted by molar-refractivity contribution is 5.41. The number of hydrogen-bond acceptors (Lipinski definition) is 3. The summed E-state index contributed by atoms with van der Waals surface area (Å²) in [5, 5.41) is 0. The number of piperazine rings is 1. The molecule has 0 saturated carbocycles. The van der Waals surface area contributed by atoms with Gasteiger partial charge in [-0.05, 0) is 31.2 Å². The molecule has 100 valence electrons. The summed E-state index contributed by atoms with van der Waals surface area (Å²) in [7, 11) is 0. The zero-order valence-corrected chi connectivity index (χ0v) is 11.2. The van der Waals surface area contributed by atoms with E-state index in [0.29, 0.717) is 6.04 Å². The number of nitrogens with zero attached hydrogens (tertiary/aromatic N) is 2. The summed E-state index contributed by atoms with van der Waals surface area (Å²) in [5.74, 6) is -0.312. The van der Waals surface area contributed by atoms with Crippen molar-refractivity contribution in [3.05, 3.63) is 29.6 Å². The number of anilines is 1. The maximum Gasteiger partial charge on any atom is 0.146 e. The molecule has 1 aromatic rings. The molecule has 2 N–H and O–H groups in total. The van der Waals surface area contributed by atoms with Crippen LogP contribution >= 0.6 is 0 Å². The van der Waals surface area contributed by atoms with Crippen LogP contribution in [-0.2, 0) is 6.54 Å². The van der Waals surface area contributed by atoms with Gasteiger partial charge in [0.1, 0.15) is 5.82 Å². The largest absolute Gasteiger partial charge is 0.396 e. The van der Waals surface area contributed by atoms with Crippen molar-refractivity contribution in [3.63, 3.8) is 0 Å². The van der Waals surface area contributed by atoms with Crippen LogP contribution in [-0.4, -0.2) is 42.0 Å². The van der Waals surface area contributed by atoms with Crippen LogP contribution in [0.1, 0.15) is 19.4 Å². The van der Waals surface area contributed by atoms with Gasteiger partial charge in [-0.1, -0.05) is 13.0 Å². The van der Waals surface area contributed by atoms with Crippen molar-refractivity contribution in [3.8, 4) is 0 Å². The van der Waals surface area contributed by atoms with E-state index in [1.165, 1.54) is 0 Å². The molecule has 18 heavy (non-hydrogen) atoms. The Labute approximate surface area is 108 Å². The number of nitrogen functional groups attached to an aromatic ring is 1. The van der Waals surface area contributed by atoms with Gasteiger partial charge < -0.3 is 5.73 Å². The average molecular weight is 251 g/mol. The van der Waals surface area contributed by atoms with Crippen LogP contribution in [0.15, 0.2) is 18.2 Å². The van der Waals surface area contributed by atoms with Crippen molar-refractivity contribution < 1.29 is 4.39 Å². The third-order valence-corrected chi connectivity index (χ3v) is 3.73. The van der Waals surface area contributed by atoms with Crippen LogP contribution in [0.5, 0.6) is 0 Å². The Kier molecular flexibility index (Phi) is 4.19. The maximum absolute atomic E-state index is 13.4. The molecular weight excluding hydrogens is 229 g/mol. The van der Waals surface area contributed by atoms with Gasteiger partial charge in [-0.25, -0.2) is 4.39 Å². The van der Waals surface area contributed by atoms with E-state index in [-0.39, 0.29) is 11.5 Å². The van der Waals surface area contributed by atoms with Crippen LogP contribution in [0.3, 0.4) is 0 Å². The van der Waals surface area contributed by atoms with Crippen molar-refractivity contribution in [2.45, 2.75) is 26.4 Å². The Balaban J connectivity index is 1.96. The van der Waals surface area contributed by atoms with Crippen molar-refractivity contribution in [1.29, 1.82) is 0 Å². The first-order valence-electron chi connectivity index (χ1n) is 6.60. The van der Waals surface area contributed by atoms with Gasteiger partial charge in [0.05, 0.1) is 5.69 Å². The summed E-state index contributed by atoms with van der Waals surface area (Å²) in [6.45, 7) is 9.53. The summed E-state index contributed by atoms with van der Waals surface area (Å²) in [6, 6.07) is 5.68. The van der Waals surface area contributed by atoms with Crippen molar-refractivity contribution >= 4 is 5.69 Å². The molecule has 0 spiro atoms. The lowest BCUT2D eigenvalue weighted by Gasteiger charge is -2.39. The lowest BCUT2D eigenvalue weighted by atomic mass is 10.1. The SMILES string of the molecule is CCN1CCN(Cc2ccc(N)c(F)c2)CC1C. The van der Waals surface area contributed by atoms with Gasteiger partial charge in [-0.15, -0.1) is 0 Å². The number of hydrogen-bond donors (Lipinski definition) is 1. The monoisotopic (exact) mass is 251 g/mol. The first-order valence-corrected chi connectivity index (χ1v) is 6.60. The molecule has 1 fully saturated rings. The highest BCUT2D eigenvalue weighted by Gasteiger charge is 2.22. The van der Waals surface area contributed by atoms with Gasteiger partial charge in [0, 0.05) is 32.2 Å². The summed E-state index contributed by atoms with van der Waals surface area (Å²) in [6.07, 6.45) is 0. The molecule has 1 heterocycles. The number of benzene rings is 1. The zero-order valence-electron chi connectivity index (χ0n) is 11.2. The van der Waals surface area contributed by atoms with Gasteiger partial charge in [-0.2, -0.15) is 0 Å². The van der Waals surface area contributed by atoms with E-state index in [1.807, 2.05) is 6.07 Å². The molecule has 0 radical (unpaired) electrons. The van der Waals surface area contributed by atoms with E-state index in [2.05, 4.69) is 23.6 Å². The van der Waals surface area contributed by atoms with E-state index in [4.69, 9.17) is 5.73 Å². The average Bonchev–Trinajstić information content (AvgIpc) is 2.34. The smallest absolute Gasteiger partial charge is 0.146 e. The fourth-order valence-electron chi connectivity index (χ4n) is 2.61. The van der Waals surface area contributed by atoms with Crippen LogP contribution in [0.25, 0.3) is 0 Å². The first-order chi connectivity index (χ1) is 8.60. The molecule has 3 nitrogen and oxygen atoms in total. The minimum atomic E-state index is -0.312.